The van der Waals surface area contributed by atoms with Crippen LogP contribution in [0.2, 0.25) is 0 Å². The fraction of sp³-hybridized carbons (Fsp3) is 0.500. The van der Waals surface area contributed by atoms with Crippen molar-refractivity contribution < 1.29 is 13.2 Å². The van der Waals surface area contributed by atoms with Gasteiger partial charge >= 0.3 is 0 Å². The van der Waals surface area contributed by atoms with Crippen molar-refractivity contribution in [3.8, 4) is 0 Å². The highest BCUT2D eigenvalue weighted by Crippen LogP contribution is 2.29. The standard InChI is InChI=1S/C22H31N3O3S/c1-16-12-19(22(3,4)5)13-17(2)21(16)29(26,27)24-15-18-6-7-20(23-14-18)25-8-10-28-11-9-25/h6-7,12-14,24H,8-11,15H2,1-5H3. The molecule has 0 atom stereocenters. The van der Waals surface area contributed by atoms with E-state index in [-0.39, 0.29) is 12.0 Å². The van der Waals surface area contributed by atoms with E-state index in [2.05, 4.69) is 35.4 Å². The summed E-state index contributed by atoms with van der Waals surface area (Å²) < 4.78 is 34.0. The summed E-state index contributed by atoms with van der Waals surface area (Å²) in [6.07, 6.45) is 1.73. The van der Waals surface area contributed by atoms with Gasteiger partial charge in [-0.1, -0.05) is 39.0 Å². The molecule has 0 bridgehead atoms. The quantitative estimate of drug-likeness (QED) is 0.808. The van der Waals surface area contributed by atoms with Gasteiger partial charge in [0.05, 0.1) is 18.1 Å². The van der Waals surface area contributed by atoms with Crippen LogP contribution in [0.1, 0.15) is 43.0 Å². The number of sulfonamides is 1. The molecule has 1 N–H and O–H groups in total. The van der Waals surface area contributed by atoms with Gasteiger partial charge in [-0.05, 0) is 47.6 Å². The van der Waals surface area contributed by atoms with Gasteiger partial charge in [0, 0.05) is 25.8 Å². The second-order valence-corrected chi connectivity index (χ2v) is 10.3. The highest BCUT2D eigenvalue weighted by Gasteiger charge is 2.23. The molecule has 0 amide bonds. The number of ether oxygens (including phenoxy) is 1. The Labute approximate surface area is 174 Å². The Hall–Kier alpha value is -1.96. The normalized spacial score (nSPS) is 15.6. The second kappa shape index (κ2) is 8.42. The monoisotopic (exact) mass is 417 g/mol. The molecule has 3 rings (SSSR count). The van der Waals surface area contributed by atoms with Crippen LogP contribution in [0.25, 0.3) is 0 Å². The molecule has 2 aromatic rings. The number of hydrogen-bond donors (Lipinski definition) is 1. The first kappa shape index (κ1) is 21.7. The Bertz CT molecular complexity index is 935. The predicted molar refractivity (Wildman–Crippen MR) is 116 cm³/mol. The number of nitrogens with one attached hydrogen (secondary N) is 1. The number of rotatable bonds is 5. The Kier molecular flexibility index (Phi) is 6.31. The number of pyridine rings is 1. The number of aromatic nitrogens is 1. The fourth-order valence-corrected chi connectivity index (χ4v) is 5.03. The van der Waals surface area contributed by atoms with Crippen LogP contribution in [0.3, 0.4) is 0 Å². The SMILES string of the molecule is Cc1cc(C(C)(C)C)cc(C)c1S(=O)(=O)NCc1ccc(N2CCOCC2)nc1. The van der Waals surface area contributed by atoms with Gasteiger partial charge in [-0.15, -0.1) is 0 Å². The van der Waals surface area contributed by atoms with Crippen LogP contribution in [-0.2, 0) is 26.7 Å². The van der Waals surface area contributed by atoms with Crippen LogP contribution in [0.15, 0.2) is 35.4 Å². The number of aryl methyl sites for hydroxylation is 2. The van der Waals surface area contributed by atoms with Crippen LogP contribution in [-0.4, -0.2) is 39.7 Å². The maximum atomic E-state index is 13.0. The van der Waals surface area contributed by atoms with E-state index in [0.29, 0.717) is 18.1 Å². The summed E-state index contributed by atoms with van der Waals surface area (Å²) in [4.78, 5) is 7.02. The molecule has 0 unspecified atom stereocenters. The average molecular weight is 418 g/mol. The lowest BCUT2D eigenvalue weighted by molar-refractivity contribution is 0.122. The van der Waals surface area contributed by atoms with Gasteiger partial charge in [-0.25, -0.2) is 18.1 Å². The van der Waals surface area contributed by atoms with Gasteiger partial charge in [0.2, 0.25) is 10.0 Å². The molecule has 6 nitrogen and oxygen atoms in total. The lowest BCUT2D eigenvalue weighted by atomic mass is 9.85. The molecule has 1 saturated heterocycles. The lowest BCUT2D eigenvalue weighted by Crippen LogP contribution is -2.36. The molecule has 0 saturated carbocycles. The van der Waals surface area contributed by atoms with Crippen molar-refractivity contribution in [1.29, 1.82) is 0 Å². The van der Waals surface area contributed by atoms with Gasteiger partial charge < -0.3 is 9.64 Å². The van der Waals surface area contributed by atoms with Crippen molar-refractivity contribution in [2.75, 3.05) is 31.2 Å². The molecule has 1 aromatic carbocycles. The van der Waals surface area contributed by atoms with Crippen LogP contribution in [0.4, 0.5) is 5.82 Å². The summed E-state index contributed by atoms with van der Waals surface area (Å²) in [5, 5.41) is 0. The average Bonchev–Trinajstić information content (AvgIpc) is 2.66. The highest BCUT2D eigenvalue weighted by atomic mass is 32.2. The molecule has 1 aromatic heterocycles. The molecule has 29 heavy (non-hydrogen) atoms. The summed E-state index contributed by atoms with van der Waals surface area (Å²) in [6.45, 7) is 13.4. The topological polar surface area (TPSA) is 71.5 Å². The first-order chi connectivity index (χ1) is 13.6. The van der Waals surface area contributed by atoms with E-state index < -0.39 is 10.0 Å². The van der Waals surface area contributed by atoms with E-state index in [1.807, 2.05) is 38.1 Å². The predicted octanol–water partition coefficient (Wildman–Crippen LogP) is 3.31. The van der Waals surface area contributed by atoms with Gasteiger partial charge in [0.1, 0.15) is 5.82 Å². The zero-order chi connectivity index (χ0) is 21.2. The van der Waals surface area contributed by atoms with Gasteiger partial charge in [0.25, 0.3) is 0 Å². The minimum Gasteiger partial charge on any atom is -0.378 e. The molecule has 1 fully saturated rings. The summed E-state index contributed by atoms with van der Waals surface area (Å²) in [5.74, 6) is 0.893. The third-order valence-electron chi connectivity index (χ3n) is 5.21. The number of hydrogen-bond acceptors (Lipinski definition) is 5. The smallest absolute Gasteiger partial charge is 0.241 e. The molecular weight excluding hydrogens is 386 g/mol. The number of benzene rings is 1. The molecule has 158 valence electrons. The summed E-state index contributed by atoms with van der Waals surface area (Å²) in [5.41, 5.74) is 3.46. The zero-order valence-electron chi connectivity index (χ0n) is 17.9. The van der Waals surface area contributed by atoms with Crippen LogP contribution in [0.5, 0.6) is 0 Å². The Balaban J connectivity index is 1.73. The summed E-state index contributed by atoms with van der Waals surface area (Å²) in [6, 6.07) is 7.80. The third-order valence-corrected chi connectivity index (χ3v) is 6.91. The fourth-order valence-electron chi connectivity index (χ4n) is 3.56. The van der Waals surface area contributed by atoms with E-state index in [1.54, 1.807) is 6.20 Å². The van der Waals surface area contributed by atoms with Crippen LogP contribution in [0, 0.1) is 13.8 Å². The number of morpholine rings is 1. The zero-order valence-corrected chi connectivity index (χ0v) is 18.8. The van der Waals surface area contributed by atoms with Gasteiger partial charge in [-0.3, -0.25) is 0 Å². The van der Waals surface area contributed by atoms with Crippen molar-refractivity contribution in [2.45, 2.75) is 51.5 Å². The lowest BCUT2D eigenvalue weighted by Gasteiger charge is -2.27. The molecule has 1 aliphatic heterocycles. The highest BCUT2D eigenvalue weighted by molar-refractivity contribution is 7.89. The molecule has 0 spiro atoms. The summed E-state index contributed by atoms with van der Waals surface area (Å²) >= 11 is 0. The van der Waals surface area contributed by atoms with E-state index in [9.17, 15) is 8.42 Å². The minimum absolute atomic E-state index is 0.0286. The molecule has 0 radical (unpaired) electrons. The van der Waals surface area contributed by atoms with E-state index in [0.717, 1.165) is 41.2 Å². The second-order valence-electron chi connectivity index (χ2n) is 8.64. The maximum absolute atomic E-state index is 13.0. The van der Waals surface area contributed by atoms with Gasteiger partial charge in [0.15, 0.2) is 0 Å². The third kappa shape index (κ3) is 5.15. The molecule has 2 heterocycles. The first-order valence-electron chi connectivity index (χ1n) is 9.97. The molecule has 1 aliphatic rings. The molecular formula is C22H31N3O3S. The van der Waals surface area contributed by atoms with E-state index in [1.165, 1.54) is 0 Å². The van der Waals surface area contributed by atoms with Crippen molar-refractivity contribution in [1.82, 2.24) is 9.71 Å². The van der Waals surface area contributed by atoms with Gasteiger partial charge in [-0.2, -0.15) is 0 Å². The van der Waals surface area contributed by atoms with Crippen molar-refractivity contribution in [3.05, 3.63) is 52.7 Å². The van der Waals surface area contributed by atoms with E-state index in [4.69, 9.17) is 4.74 Å². The Morgan fingerprint density at radius 1 is 1.10 bits per heavy atom. The van der Waals surface area contributed by atoms with Crippen molar-refractivity contribution >= 4 is 15.8 Å². The first-order valence-corrected chi connectivity index (χ1v) is 11.5. The van der Waals surface area contributed by atoms with Crippen molar-refractivity contribution in [3.63, 3.8) is 0 Å². The number of anilines is 1. The Morgan fingerprint density at radius 3 is 2.24 bits per heavy atom. The number of nitrogens with zero attached hydrogens (tertiary/aromatic N) is 2. The Morgan fingerprint density at radius 2 is 1.72 bits per heavy atom. The minimum atomic E-state index is -3.62. The van der Waals surface area contributed by atoms with Crippen LogP contribution >= 0.6 is 0 Å². The summed E-state index contributed by atoms with van der Waals surface area (Å²) in [7, 11) is -3.62. The van der Waals surface area contributed by atoms with E-state index >= 15 is 0 Å². The van der Waals surface area contributed by atoms with Crippen molar-refractivity contribution in [2.24, 2.45) is 0 Å². The molecule has 0 aliphatic carbocycles. The molecule has 7 heteroatoms. The maximum Gasteiger partial charge on any atom is 0.241 e. The largest absolute Gasteiger partial charge is 0.378 e. The van der Waals surface area contributed by atoms with Crippen LogP contribution < -0.4 is 9.62 Å².